The molecular weight excluding hydrogens is 302 g/mol. The van der Waals surface area contributed by atoms with Gasteiger partial charge >= 0.3 is 0 Å². The Balaban J connectivity index is 2.53. The zero-order valence-electron chi connectivity index (χ0n) is 13.1. The molecule has 1 rings (SSSR count). The second kappa shape index (κ2) is 9.22. The van der Waals surface area contributed by atoms with Crippen molar-refractivity contribution in [3.8, 4) is 0 Å². The van der Waals surface area contributed by atoms with Crippen LogP contribution in [0.5, 0.6) is 0 Å². The molecule has 4 nitrogen and oxygen atoms in total. The van der Waals surface area contributed by atoms with Gasteiger partial charge in [-0.1, -0.05) is 25.4 Å². The Morgan fingerprint density at radius 3 is 2.43 bits per heavy atom. The summed E-state index contributed by atoms with van der Waals surface area (Å²) in [5.41, 5.74) is 1.04. The van der Waals surface area contributed by atoms with Gasteiger partial charge in [0.1, 0.15) is 0 Å². The predicted molar refractivity (Wildman–Crippen MR) is 91.9 cm³/mol. The van der Waals surface area contributed by atoms with Gasteiger partial charge in [-0.3, -0.25) is 0 Å². The van der Waals surface area contributed by atoms with Crippen molar-refractivity contribution in [2.75, 3.05) is 30.9 Å². The zero-order chi connectivity index (χ0) is 15.7. The van der Waals surface area contributed by atoms with Crippen molar-refractivity contribution >= 4 is 25.0 Å². The van der Waals surface area contributed by atoms with Crippen molar-refractivity contribution in [1.82, 2.24) is 0 Å². The number of aliphatic hydroxyl groups excluding tert-OH is 1. The molecular formula is C15H27NO3SSi. The summed E-state index contributed by atoms with van der Waals surface area (Å²) in [4.78, 5) is 2.45. The number of nitrogens with zero attached hydrogens (tertiary/aromatic N) is 1. The Morgan fingerprint density at radius 2 is 1.86 bits per heavy atom. The van der Waals surface area contributed by atoms with Crippen molar-refractivity contribution in [3.63, 3.8) is 0 Å². The first kappa shape index (κ1) is 18.2. The Bertz CT molecular complexity index is 502. The highest BCUT2D eigenvalue weighted by molar-refractivity contribution is 7.91. The Morgan fingerprint density at radius 1 is 1.19 bits per heavy atom. The van der Waals surface area contributed by atoms with E-state index in [1.807, 2.05) is 19.2 Å². The minimum absolute atomic E-state index is 0.128. The van der Waals surface area contributed by atoms with Crippen LogP contribution in [0.3, 0.4) is 0 Å². The molecule has 0 aliphatic carbocycles. The molecule has 0 saturated carbocycles. The number of benzene rings is 1. The first-order valence-corrected chi connectivity index (χ1v) is 11.3. The van der Waals surface area contributed by atoms with E-state index in [2.05, 4.69) is 11.8 Å². The summed E-state index contributed by atoms with van der Waals surface area (Å²) in [6.07, 6.45) is 2.53. The van der Waals surface area contributed by atoms with E-state index in [1.165, 1.54) is 24.9 Å². The first-order valence-electron chi connectivity index (χ1n) is 7.66. The lowest BCUT2D eigenvalue weighted by molar-refractivity contribution is 0.319. The van der Waals surface area contributed by atoms with Gasteiger partial charge in [0.15, 0.2) is 9.84 Å². The van der Waals surface area contributed by atoms with Gasteiger partial charge in [0.25, 0.3) is 0 Å². The molecule has 6 heteroatoms. The van der Waals surface area contributed by atoms with Gasteiger partial charge < -0.3 is 10.0 Å². The summed E-state index contributed by atoms with van der Waals surface area (Å²) in [6.45, 7) is 2.91. The summed E-state index contributed by atoms with van der Waals surface area (Å²) < 4.78 is 23.6. The molecule has 0 fully saturated rings. The topological polar surface area (TPSA) is 57.6 Å². The van der Waals surface area contributed by atoms with E-state index in [4.69, 9.17) is 5.11 Å². The van der Waals surface area contributed by atoms with Crippen LogP contribution in [0.25, 0.3) is 0 Å². The van der Waals surface area contributed by atoms with Gasteiger partial charge in [-0.05, 0) is 30.7 Å². The lowest BCUT2D eigenvalue weighted by Gasteiger charge is -2.19. The van der Waals surface area contributed by atoms with Crippen molar-refractivity contribution in [1.29, 1.82) is 0 Å². The molecule has 0 saturated heterocycles. The van der Waals surface area contributed by atoms with Gasteiger partial charge in [0.2, 0.25) is 0 Å². The molecule has 0 heterocycles. The standard InChI is InChI=1S/C15H27NO3SSi/c1-3-12-21-13-4-9-16(2)14-5-7-15(8-6-14)20(18,19)11-10-17/h5-8,17H,3-4,9-13,21H2,1-2H3. The normalized spacial score (nSPS) is 12.1. The van der Waals surface area contributed by atoms with Gasteiger partial charge in [-0.15, -0.1) is 0 Å². The van der Waals surface area contributed by atoms with E-state index in [1.54, 1.807) is 12.1 Å². The second-order valence-corrected chi connectivity index (χ2v) is 9.60. The number of aliphatic hydroxyl groups is 1. The second-order valence-electron chi connectivity index (χ2n) is 5.37. The summed E-state index contributed by atoms with van der Waals surface area (Å²) >= 11 is 0. The van der Waals surface area contributed by atoms with Crippen LogP contribution in [0.15, 0.2) is 29.2 Å². The average Bonchev–Trinajstić information content (AvgIpc) is 2.47. The lowest BCUT2D eigenvalue weighted by Crippen LogP contribution is -2.19. The minimum Gasteiger partial charge on any atom is -0.395 e. The van der Waals surface area contributed by atoms with E-state index in [0.717, 1.165) is 12.2 Å². The van der Waals surface area contributed by atoms with Gasteiger partial charge in [0.05, 0.1) is 17.3 Å². The number of sulfone groups is 1. The monoisotopic (exact) mass is 329 g/mol. The molecule has 0 aliphatic heterocycles. The molecule has 0 spiro atoms. The zero-order valence-corrected chi connectivity index (χ0v) is 15.3. The summed E-state index contributed by atoms with van der Waals surface area (Å²) in [5.74, 6) is -0.218. The Hall–Kier alpha value is -0.853. The van der Waals surface area contributed by atoms with Crippen LogP contribution in [0, 0.1) is 0 Å². The number of hydrogen-bond acceptors (Lipinski definition) is 4. The molecule has 0 aromatic heterocycles. The third-order valence-electron chi connectivity index (χ3n) is 3.59. The molecule has 120 valence electrons. The molecule has 0 bridgehead atoms. The Kier molecular flexibility index (Phi) is 7.99. The van der Waals surface area contributed by atoms with Crippen LogP contribution < -0.4 is 4.90 Å². The third-order valence-corrected chi connectivity index (χ3v) is 7.51. The molecule has 0 amide bonds. The van der Waals surface area contributed by atoms with E-state index in [0.29, 0.717) is 0 Å². The highest BCUT2D eigenvalue weighted by Gasteiger charge is 2.13. The maximum absolute atomic E-state index is 11.8. The molecule has 0 aliphatic rings. The molecule has 1 aromatic rings. The summed E-state index contributed by atoms with van der Waals surface area (Å²) in [7, 11) is -1.17. The van der Waals surface area contributed by atoms with Gasteiger partial charge in [-0.2, -0.15) is 0 Å². The minimum atomic E-state index is -3.34. The first-order chi connectivity index (χ1) is 10.0. The van der Waals surface area contributed by atoms with E-state index in [-0.39, 0.29) is 26.8 Å². The maximum atomic E-state index is 11.8. The fourth-order valence-electron chi connectivity index (χ4n) is 2.23. The number of anilines is 1. The number of rotatable bonds is 10. The average molecular weight is 330 g/mol. The van der Waals surface area contributed by atoms with Crippen molar-refractivity contribution in [2.45, 2.75) is 36.7 Å². The molecule has 0 atom stereocenters. The molecule has 0 unspecified atom stereocenters. The third kappa shape index (κ3) is 6.19. The maximum Gasteiger partial charge on any atom is 0.180 e. The van der Waals surface area contributed by atoms with Gasteiger partial charge in [0, 0.05) is 28.8 Å². The van der Waals surface area contributed by atoms with Crippen LogP contribution in [0.1, 0.15) is 19.8 Å². The van der Waals surface area contributed by atoms with Crippen LogP contribution in [0.2, 0.25) is 12.1 Å². The fourth-order valence-corrected chi connectivity index (χ4v) is 4.69. The smallest absolute Gasteiger partial charge is 0.180 e. The molecule has 1 N–H and O–H groups in total. The van der Waals surface area contributed by atoms with Gasteiger partial charge in [-0.25, -0.2) is 8.42 Å². The summed E-state index contributed by atoms with van der Waals surface area (Å²) in [5, 5.41) is 8.78. The molecule has 1 aromatic carbocycles. The predicted octanol–water partition coefficient (Wildman–Crippen LogP) is 1.69. The van der Waals surface area contributed by atoms with Crippen LogP contribution >= 0.6 is 0 Å². The van der Waals surface area contributed by atoms with Crippen molar-refractivity contribution in [3.05, 3.63) is 24.3 Å². The molecule has 21 heavy (non-hydrogen) atoms. The Labute approximate surface area is 130 Å². The highest BCUT2D eigenvalue weighted by atomic mass is 32.2. The van der Waals surface area contributed by atoms with Crippen molar-refractivity contribution < 1.29 is 13.5 Å². The van der Waals surface area contributed by atoms with Crippen LogP contribution in [0.4, 0.5) is 5.69 Å². The molecule has 0 radical (unpaired) electrons. The largest absolute Gasteiger partial charge is 0.395 e. The lowest BCUT2D eigenvalue weighted by atomic mass is 10.3. The fraction of sp³-hybridized carbons (Fsp3) is 0.600. The van der Waals surface area contributed by atoms with E-state index >= 15 is 0 Å². The van der Waals surface area contributed by atoms with Crippen LogP contribution in [-0.4, -0.2) is 49.0 Å². The summed E-state index contributed by atoms with van der Waals surface area (Å²) in [6, 6.07) is 9.75. The van der Waals surface area contributed by atoms with Crippen molar-refractivity contribution in [2.24, 2.45) is 0 Å². The number of hydrogen-bond donors (Lipinski definition) is 1. The van der Waals surface area contributed by atoms with E-state index < -0.39 is 9.84 Å². The highest BCUT2D eigenvalue weighted by Crippen LogP contribution is 2.18. The SMILES string of the molecule is CCC[SiH2]CCCN(C)c1ccc(S(=O)(=O)CCO)cc1. The quantitative estimate of drug-likeness (QED) is 0.524. The van der Waals surface area contributed by atoms with Crippen LogP contribution in [-0.2, 0) is 9.84 Å². The van der Waals surface area contributed by atoms with E-state index in [9.17, 15) is 8.42 Å².